The van der Waals surface area contributed by atoms with Crippen LogP contribution in [-0.2, 0) is 10.8 Å². The van der Waals surface area contributed by atoms with Gasteiger partial charge in [-0.3, -0.25) is 0 Å². The second-order valence-corrected chi connectivity index (χ2v) is 19.2. The van der Waals surface area contributed by atoms with Gasteiger partial charge in [0.2, 0.25) is 0 Å². The molecule has 0 atom stereocenters. The van der Waals surface area contributed by atoms with E-state index in [1.807, 2.05) is 0 Å². The first kappa shape index (κ1) is 38.1. The summed E-state index contributed by atoms with van der Waals surface area (Å²) in [6.07, 6.45) is 0. The van der Waals surface area contributed by atoms with Crippen LogP contribution in [0.25, 0.3) is 76.1 Å². The molecular formula is C66H45N. The molecule has 0 fully saturated rings. The number of anilines is 3. The Morgan fingerprint density at radius 2 is 0.716 bits per heavy atom. The molecule has 14 rings (SSSR count). The first-order chi connectivity index (χ1) is 33.0. The van der Waals surface area contributed by atoms with Gasteiger partial charge in [0.1, 0.15) is 0 Å². The van der Waals surface area contributed by atoms with Gasteiger partial charge in [0, 0.05) is 22.5 Å². The number of rotatable bonds is 5. The molecule has 1 heteroatoms. The lowest BCUT2D eigenvalue weighted by atomic mass is 9.67. The largest absolute Gasteiger partial charge is 0.310 e. The first-order valence-corrected chi connectivity index (χ1v) is 23.6. The highest BCUT2D eigenvalue weighted by atomic mass is 15.1. The van der Waals surface area contributed by atoms with E-state index in [4.69, 9.17) is 0 Å². The highest BCUT2D eigenvalue weighted by Crippen LogP contribution is 2.58. The fraction of sp³-hybridized carbons (Fsp3) is 0.0606. The first-order valence-electron chi connectivity index (χ1n) is 23.6. The SMILES string of the molecule is CC1(C)c2cc3ccccc3cc2-c2cc3ccc(N(c4ccc5c(c4)C(c4ccccc4)(c4ccccc4)c4ccccc4-5)c4ccc5c6ccccc6c6ccccc6c5c4)cc3cc21. The molecular weight excluding hydrogens is 807 g/mol. The van der Waals surface area contributed by atoms with Crippen molar-refractivity contribution in [1.29, 1.82) is 0 Å². The highest BCUT2D eigenvalue weighted by molar-refractivity contribution is 6.26. The molecule has 0 unspecified atom stereocenters. The van der Waals surface area contributed by atoms with Gasteiger partial charge >= 0.3 is 0 Å². The van der Waals surface area contributed by atoms with Crippen molar-refractivity contribution in [2.24, 2.45) is 0 Å². The Kier molecular flexibility index (Phi) is 8.02. The Hall–Kier alpha value is -8.26. The predicted molar refractivity (Wildman–Crippen MR) is 284 cm³/mol. The van der Waals surface area contributed by atoms with Gasteiger partial charge < -0.3 is 4.90 Å². The van der Waals surface area contributed by atoms with Crippen LogP contribution < -0.4 is 4.90 Å². The number of nitrogens with zero attached hydrogens (tertiary/aromatic N) is 1. The lowest BCUT2D eigenvalue weighted by Gasteiger charge is -2.35. The summed E-state index contributed by atoms with van der Waals surface area (Å²) in [5, 5.41) is 12.7. The van der Waals surface area contributed by atoms with Crippen LogP contribution in [-0.4, -0.2) is 0 Å². The Bertz CT molecular complexity index is 3940. The Labute approximate surface area is 390 Å². The van der Waals surface area contributed by atoms with Crippen LogP contribution in [0.3, 0.4) is 0 Å². The summed E-state index contributed by atoms with van der Waals surface area (Å²) in [6, 6.07) is 89.0. The molecule has 0 radical (unpaired) electrons. The van der Waals surface area contributed by atoms with Gasteiger partial charge in [-0.25, -0.2) is 0 Å². The normalized spacial score (nSPS) is 14.1. The average molecular weight is 852 g/mol. The van der Waals surface area contributed by atoms with Crippen molar-refractivity contribution >= 4 is 70.9 Å². The molecule has 67 heavy (non-hydrogen) atoms. The second kappa shape index (κ2) is 14.1. The van der Waals surface area contributed by atoms with Crippen LogP contribution in [0.2, 0.25) is 0 Å². The molecule has 12 aromatic carbocycles. The van der Waals surface area contributed by atoms with Crippen LogP contribution in [0.5, 0.6) is 0 Å². The van der Waals surface area contributed by atoms with E-state index in [1.165, 1.54) is 109 Å². The third-order valence-electron chi connectivity index (χ3n) is 15.4. The minimum absolute atomic E-state index is 0.145. The van der Waals surface area contributed by atoms with Crippen LogP contribution in [0.15, 0.2) is 237 Å². The van der Waals surface area contributed by atoms with Crippen molar-refractivity contribution < 1.29 is 0 Å². The molecule has 0 bridgehead atoms. The van der Waals surface area contributed by atoms with Crippen LogP contribution >= 0.6 is 0 Å². The zero-order chi connectivity index (χ0) is 44.4. The number of benzene rings is 12. The van der Waals surface area contributed by atoms with E-state index in [1.54, 1.807) is 0 Å². The van der Waals surface area contributed by atoms with Crippen LogP contribution in [0, 0.1) is 0 Å². The van der Waals surface area contributed by atoms with Crippen molar-refractivity contribution in [3.8, 4) is 22.3 Å². The predicted octanol–water partition coefficient (Wildman–Crippen LogP) is 17.6. The lowest BCUT2D eigenvalue weighted by molar-refractivity contribution is 0.662. The summed E-state index contributed by atoms with van der Waals surface area (Å²) in [5.41, 5.74) is 15.8. The fourth-order valence-electron chi connectivity index (χ4n) is 12.3. The molecule has 2 aliphatic rings. The molecule has 0 saturated carbocycles. The fourth-order valence-corrected chi connectivity index (χ4v) is 12.3. The van der Waals surface area contributed by atoms with Crippen molar-refractivity contribution in [3.05, 3.63) is 270 Å². The van der Waals surface area contributed by atoms with E-state index in [-0.39, 0.29) is 5.41 Å². The van der Waals surface area contributed by atoms with Crippen LogP contribution in [0.1, 0.15) is 47.2 Å². The Morgan fingerprint density at radius 1 is 0.269 bits per heavy atom. The van der Waals surface area contributed by atoms with E-state index in [9.17, 15) is 0 Å². The smallest absolute Gasteiger partial charge is 0.0714 e. The third kappa shape index (κ3) is 5.37. The molecule has 0 aliphatic heterocycles. The van der Waals surface area contributed by atoms with Crippen molar-refractivity contribution in [3.63, 3.8) is 0 Å². The van der Waals surface area contributed by atoms with Gasteiger partial charge in [0.25, 0.3) is 0 Å². The summed E-state index contributed by atoms with van der Waals surface area (Å²) in [7, 11) is 0. The molecule has 314 valence electrons. The Balaban J connectivity index is 1.03. The standard InChI is InChI=1S/C66H45N/c1-65(2)62-38-43-18-10-9-17-42(43)36-59(62)60-37-44-29-30-48(35-45(44)39-63(60)65)67(49-31-33-55-53-25-12-11-23-51(53)52-24-13-14-26-54(52)58(55)40-49)50-32-34-57-56-27-15-16-28-61(56)66(64(57)41-50,46-19-5-3-6-20-46)47-21-7-4-8-22-47/h3-41H,1-2H3. The monoisotopic (exact) mass is 851 g/mol. The average Bonchev–Trinajstić information content (AvgIpc) is 3.79. The molecule has 0 aromatic heterocycles. The zero-order valence-electron chi connectivity index (χ0n) is 37.5. The summed E-state index contributed by atoms with van der Waals surface area (Å²) in [6.45, 7) is 4.79. The van der Waals surface area contributed by atoms with E-state index < -0.39 is 5.41 Å². The van der Waals surface area contributed by atoms with Gasteiger partial charge in [-0.15, -0.1) is 0 Å². The van der Waals surface area contributed by atoms with Crippen molar-refractivity contribution in [2.75, 3.05) is 4.90 Å². The molecule has 2 aliphatic carbocycles. The third-order valence-corrected chi connectivity index (χ3v) is 15.4. The molecule has 0 heterocycles. The summed E-state index contributed by atoms with van der Waals surface area (Å²) >= 11 is 0. The number of fused-ring (bicyclic) bond motifs is 14. The van der Waals surface area contributed by atoms with E-state index in [2.05, 4.69) is 255 Å². The Morgan fingerprint density at radius 3 is 1.37 bits per heavy atom. The van der Waals surface area contributed by atoms with Gasteiger partial charge in [-0.05, 0) is 170 Å². The van der Waals surface area contributed by atoms with Gasteiger partial charge in [-0.1, -0.05) is 190 Å². The molecule has 0 spiro atoms. The van der Waals surface area contributed by atoms with E-state index >= 15 is 0 Å². The minimum atomic E-state index is -0.524. The molecule has 0 saturated heterocycles. The molecule has 1 nitrogen and oxygen atoms in total. The van der Waals surface area contributed by atoms with E-state index in [0.29, 0.717) is 0 Å². The maximum Gasteiger partial charge on any atom is 0.0714 e. The van der Waals surface area contributed by atoms with Crippen molar-refractivity contribution in [1.82, 2.24) is 0 Å². The van der Waals surface area contributed by atoms with Crippen LogP contribution in [0.4, 0.5) is 17.1 Å². The van der Waals surface area contributed by atoms with Crippen molar-refractivity contribution in [2.45, 2.75) is 24.7 Å². The zero-order valence-corrected chi connectivity index (χ0v) is 37.5. The van der Waals surface area contributed by atoms with Gasteiger partial charge in [0.15, 0.2) is 0 Å². The van der Waals surface area contributed by atoms with E-state index in [0.717, 1.165) is 17.1 Å². The summed E-state index contributed by atoms with van der Waals surface area (Å²) < 4.78 is 0. The quantitative estimate of drug-likeness (QED) is 0.156. The maximum atomic E-state index is 2.51. The highest BCUT2D eigenvalue weighted by Gasteiger charge is 2.46. The second-order valence-electron chi connectivity index (χ2n) is 19.2. The van der Waals surface area contributed by atoms with Gasteiger partial charge in [-0.2, -0.15) is 0 Å². The lowest BCUT2D eigenvalue weighted by Crippen LogP contribution is -2.28. The number of hydrogen-bond acceptors (Lipinski definition) is 1. The minimum Gasteiger partial charge on any atom is -0.310 e. The molecule has 12 aromatic rings. The topological polar surface area (TPSA) is 3.24 Å². The molecule has 0 amide bonds. The number of hydrogen-bond donors (Lipinski definition) is 0. The summed E-state index contributed by atoms with van der Waals surface area (Å²) in [5.74, 6) is 0. The maximum absolute atomic E-state index is 2.51. The van der Waals surface area contributed by atoms with Gasteiger partial charge in [0.05, 0.1) is 5.41 Å². The molecule has 0 N–H and O–H groups in total. The summed E-state index contributed by atoms with van der Waals surface area (Å²) in [4.78, 5) is 2.51.